The second-order valence-electron chi connectivity index (χ2n) is 7.64. The van der Waals surface area contributed by atoms with Crippen molar-refractivity contribution in [3.05, 3.63) is 28.7 Å². The maximum Gasteiger partial charge on any atom is 0.430 e. The third-order valence-corrected chi connectivity index (χ3v) is 3.58. The fraction of sp³-hybridized carbons (Fsp3) is 0.562. The first-order chi connectivity index (χ1) is 12.0. The van der Waals surface area contributed by atoms with Crippen LogP contribution in [0.3, 0.4) is 0 Å². The van der Waals surface area contributed by atoms with Gasteiger partial charge in [0.05, 0.1) is 0 Å². The molecule has 1 rings (SSSR count). The molecule has 27 heavy (non-hydrogen) atoms. The van der Waals surface area contributed by atoms with Crippen molar-refractivity contribution in [2.24, 2.45) is 0 Å². The van der Waals surface area contributed by atoms with Crippen LogP contribution in [0.15, 0.2) is 28.0 Å². The number of pyridine rings is 1. The van der Waals surface area contributed by atoms with Crippen LogP contribution in [0.25, 0.3) is 0 Å². The molecule has 0 bridgehead atoms. The van der Waals surface area contributed by atoms with Crippen molar-refractivity contribution in [1.82, 2.24) is 4.68 Å². The van der Waals surface area contributed by atoms with Crippen molar-refractivity contribution in [1.29, 1.82) is 0 Å². The molecule has 1 aromatic rings. The standard InChI is InChI=1S/C16H24N2O8S/c1-15(2,3)25-13(20)10-18(14(21)26-16(4,5)6)17-8-7-11(9-12(17)19)27(22,23)24/h7-9H,10H2,1-6H3,(H,22,23,24). The molecular weight excluding hydrogens is 380 g/mol. The van der Waals surface area contributed by atoms with Crippen molar-refractivity contribution in [3.63, 3.8) is 0 Å². The van der Waals surface area contributed by atoms with Crippen LogP contribution in [0, 0.1) is 0 Å². The highest BCUT2D eigenvalue weighted by Crippen LogP contribution is 2.12. The number of hydrogen-bond acceptors (Lipinski definition) is 7. The minimum absolute atomic E-state index is 0.613. The number of hydrogen-bond donors (Lipinski definition) is 1. The van der Waals surface area contributed by atoms with E-state index in [1.165, 1.54) is 0 Å². The number of carbonyl (C=O) groups is 2. The highest BCUT2D eigenvalue weighted by atomic mass is 32.2. The van der Waals surface area contributed by atoms with E-state index in [1.54, 1.807) is 41.5 Å². The molecule has 0 aliphatic rings. The number of carbonyl (C=O) groups excluding carboxylic acids is 2. The van der Waals surface area contributed by atoms with Gasteiger partial charge in [-0.2, -0.15) is 8.42 Å². The van der Waals surface area contributed by atoms with Gasteiger partial charge >= 0.3 is 12.1 Å². The maximum atomic E-state index is 12.5. The van der Waals surface area contributed by atoms with Crippen molar-refractivity contribution in [2.75, 3.05) is 11.6 Å². The van der Waals surface area contributed by atoms with Gasteiger partial charge < -0.3 is 9.47 Å². The van der Waals surface area contributed by atoms with Gasteiger partial charge in [0, 0.05) is 12.3 Å². The molecule has 0 aliphatic carbocycles. The Kier molecular flexibility index (Phi) is 6.45. The molecule has 11 heteroatoms. The van der Waals surface area contributed by atoms with Crippen LogP contribution in [0.4, 0.5) is 4.79 Å². The van der Waals surface area contributed by atoms with Gasteiger partial charge in [0.25, 0.3) is 15.7 Å². The Morgan fingerprint density at radius 3 is 2.04 bits per heavy atom. The molecule has 0 saturated carbocycles. The molecule has 1 N–H and O–H groups in total. The second kappa shape index (κ2) is 7.69. The zero-order valence-electron chi connectivity index (χ0n) is 16.0. The number of aromatic nitrogens is 1. The quantitative estimate of drug-likeness (QED) is 0.587. The summed E-state index contributed by atoms with van der Waals surface area (Å²) in [5.41, 5.74) is -2.71. The molecule has 1 aromatic heterocycles. The van der Waals surface area contributed by atoms with E-state index in [4.69, 9.17) is 14.0 Å². The van der Waals surface area contributed by atoms with E-state index in [1.807, 2.05) is 0 Å². The molecule has 152 valence electrons. The zero-order valence-corrected chi connectivity index (χ0v) is 16.9. The Labute approximate surface area is 157 Å². The first-order valence-electron chi connectivity index (χ1n) is 7.92. The summed E-state index contributed by atoms with van der Waals surface area (Å²) in [5, 5.41) is 0.676. The first kappa shape index (κ1) is 22.6. The number of amides is 1. The van der Waals surface area contributed by atoms with Crippen LogP contribution >= 0.6 is 0 Å². The Bertz CT molecular complexity index is 875. The average Bonchev–Trinajstić information content (AvgIpc) is 2.40. The Balaban J connectivity index is 3.31. The highest BCUT2D eigenvalue weighted by molar-refractivity contribution is 7.85. The first-order valence-corrected chi connectivity index (χ1v) is 9.36. The molecule has 0 aromatic carbocycles. The van der Waals surface area contributed by atoms with Crippen molar-refractivity contribution in [2.45, 2.75) is 57.6 Å². The van der Waals surface area contributed by atoms with Gasteiger partial charge in [0.2, 0.25) is 0 Å². The Hall–Kier alpha value is -2.40. The van der Waals surface area contributed by atoms with E-state index in [9.17, 15) is 22.8 Å². The summed E-state index contributed by atoms with van der Waals surface area (Å²) >= 11 is 0. The van der Waals surface area contributed by atoms with Gasteiger partial charge in [-0.25, -0.2) is 14.5 Å². The SMILES string of the molecule is CC(C)(C)OC(=O)CN(C(=O)OC(C)(C)C)n1ccc(S(=O)(=O)O)cc1=O. The van der Waals surface area contributed by atoms with E-state index in [-0.39, 0.29) is 0 Å². The normalized spacial score (nSPS) is 12.4. The lowest BCUT2D eigenvalue weighted by molar-refractivity contribution is -0.153. The van der Waals surface area contributed by atoms with Gasteiger partial charge in [0.1, 0.15) is 22.6 Å². The van der Waals surface area contributed by atoms with Crippen LogP contribution < -0.4 is 10.6 Å². The molecule has 0 saturated heterocycles. The van der Waals surface area contributed by atoms with Gasteiger partial charge in [-0.05, 0) is 47.6 Å². The highest BCUT2D eigenvalue weighted by Gasteiger charge is 2.28. The zero-order chi connectivity index (χ0) is 21.2. The third-order valence-electron chi connectivity index (χ3n) is 2.73. The molecule has 0 fully saturated rings. The summed E-state index contributed by atoms with van der Waals surface area (Å²) in [4.78, 5) is 36.2. The predicted molar refractivity (Wildman–Crippen MR) is 95.7 cm³/mol. The lowest BCUT2D eigenvalue weighted by atomic mass is 10.2. The lowest BCUT2D eigenvalue weighted by Crippen LogP contribution is -2.51. The fourth-order valence-corrected chi connectivity index (χ4v) is 2.34. The summed E-state index contributed by atoms with van der Waals surface area (Å²) in [5.74, 6) is -0.806. The summed E-state index contributed by atoms with van der Waals surface area (Å²) in [7, 11) is -4.60. The minimum Gasteiger partial charge on any atom is -0.459 e. The summed E-state index contributed by atoms with van der Waals surface area (Å²) in [6.07, 6.45) is -0.0882. The van der Waals surface area contributed by atoms with Crippen LogP contribution in [0.2, 0.25) is 0 Å². The largest absolute Gasteiger partial charge is 0.459 e. The number of rotatable bonds is 4. The summed E-state index contributed by atoms with van der Waals surface area (Å²) in [6.45, 7) is 9.04. The Morgan fingerprint density at radius 2 is 1.63 bits per heavy atom. The minimum atomic E-state index is -4.60. The monoisotopic (exact) mass is 404 g/mol. The molecule has 0 radical (unpaired) electrons. The van der Waals surface area contributed by atoms with Crippen molar-refractivity contribution in [3.8, 4) is 0 Å². The molecule has 0 unspecified atom stereocenters. The van der Waals surface area contributed by atoms with Crippen LogP contribution in [-0.4, -0.2) is 47.5 Å². The molecule has 0 atom stereocenters. The smallest absolute Gasteiger partial charge is 0.430 e. The molecule has 10 nitrogen and oxygen atoms in total. The summed E-state index contributed by atoms with van der Waals surface area (Å²) < 4.78 is 42.4. The molecular formula is C16H24N2O8S. The van der Waals surface area contributed by atoms with E-state index < -0.39 is 50.4 Å². The van der Waals surface area contributed by atoms with Gasteiger partial charge in [-0.15, -0.1) is 0 Å². The van der Waals surface area contributed by atoms with Crippen LogP contribution in [-0.2, 0) is 24.4 Å². The van der Waals surface area contributed by atoms with E-state index >= 15 is 0 Å². The molecule has 0 spiro atoms. The molecule has 1 heterocycles. The fourth-order valence-electron chi connectivity index (χ4n) is 1.85. The molecule has 0 aliphatic heterocycles. The third kappa shape index (κ3) is 7.39. The van der Waals surface area contributed by atoms with Crippen molar-refractivity contribution >= 4 is 22.2 Å². The topological polar surface area (TPSA) is 132 Å². The van der Waals surface area contributed by atoms with E-state index in [0.29, 0.717) is 15.8 Å². The van der Waals surface area contributed by atoms with E-state index in [0.717, 1.165) is 12.3 Å². The number of ether oxygens (including phenoxy) is 2. The molecule has 1 amide bonds. The van der Waals surface area contributed by atoms with Crippen LogP contribution in [0.5, 0.6) is 0 Å². The second-order valence-corrected chi connectivity index (χ2v) is 9.07. The van der Waals surface area contributed by atoms with E-state index in [2.05, 4.69) is 0 Å². The van der Waals surface area contributed by atoms with Crippen molar-refractivity contribution < 1.29 is 32.0 Å². The number of nitrogens with zero attached hydrogens (tertiary/aromatic N) is 2. The predicted octanol–water partition coefficient (Wildman–Crippen LogP) is 1.31. The van der Waals surface area contributed by atoms with Gasteiger partial charge in [-0.3, -0.25) is 14.1 Å². The number of esters is 1. The van der Waals surface area contributed by atoms with Gasteiger partial charge in [0.15, 0.2) is 0 Å². The lowest BCUT2D eigenvalue weighted by Gasteiger charge is -2.28. The summed E-state index contributed by atoms with van der Waals surface area (Å²) in [6, 6.07) is 1.52. The maximum absolute atomic E-state index is 12.5. The van der Waals surface area contributed by atoms with Gasteiger partial charge in [-0.1, -0.05) is 0 Å². The van der Waals surface area contributed by atoms with Crippen LogP contribution in [0.1, 0.15) is 41.5 Å². The average molecular weight is 404 g/mol. The Morgan fingerprint density at radius 1 is 1.11 bits per heavy atom.